The lowest BCUT2D eigenvalue weighted by molar-refractivity contribution is 0.668. The Hall–Kier alpha value is -13.1. The number of aromatic nitrogens is 5. The lowest BCUT2D eigenvalue weighted by atomic mass is 10.0. The molecule has 480 valence electrons. The van der Waals surface area contributed by atoms with Gasteiger partial charge in [0, 0.05) is 63.6 Å². The number of hydrogen-bond acceptors (Lipinski definition) is 10. The van der Waals surface area contributed by atoms with Crippen LogP contribution in [0.2, 0.25) is 5.15 Å². The topological polar surface area (TPSA) is 130 Å². The molecule has 14 aromatic carbocycles. The second kappa shape index (κ2) is 24.1. The molecular weight excluding hydrogens is 1320 g/mol. The molecule has 0 radical (unpaired) electrons. The van der Waals surface area contributed by atoms with E-state index in [0.29, 0.717) is 27.9 Å². The van der Waals surface area contributed by atoms with Gasteiger partial charge in [-0.2, -0.15) is 10.5 Å². The highest BCUT2D eigenvalue weighted by Crippen LogP contribution is 2.46. The van der Waals surface area contributed by atoms with E-state index in [4.69, 9.17) is 35.4 Å². The molecule has 0 aliphatic heterocycles. The van der Waals surface area contributed by atoms with Crippen LogP contribution < -0.4 is 0 Å². The van der Waals surface area contributed by atoms with Gasteiger partial charge in [0.2, 0.25) is 0 Å². The van der Waals surface area contributed by atoms with E-state index in [1.54, 1.807) is 28.7 Å². The fraction of sp³-hybridized carbons (Fsp3) is 0.0110. The number of thiophene rings is 2. The Bertz CT molecular complexity index is 7250. The van der Waals surface area contributed by atoms with Crippen LogP contribution in [0.4, 0.5) is 0 Å². The molecule has 21 aromatic rings. The van der Waals surface area contributed by atoms with E-state index in [1.807, 2.05) is 91.0 Å². The van der Waals surface area contributed by atoms with E-state index in [2.05, 4.69) is 216 Å². The number of halogens is 1. The first kappa shape index (κ1) is 59.9. The summed E-state index contributed by atoms with van der Waals surface area (Å²) in [7, 11) is 0. The standard InChI is InChI=1S/C45H24N4OS.C29H14ClN3OS.C17H12/c46-25-26-8-7-11-27(20-26)30-17-19-41-36(22-30)42-43(51-41)45(48-44(47-42)31-16-18-40-35(23-31)33-13-4-6-15-39(33)50-40)49-37-14-5-3-12-32(37)34-21-28-9-1-2-10-29(28)24-38(34)49;30-28-27-26(22-13-18(9-11-25(22)35-27)17-5-3-4-16(12-17)15-31)32-29(33-28)19-8-10-24-21(14-19)20-6-1-2-7-23(20)34-24;1-2-6-13-11-17-15(9-12(13)5-1)10-14-7-3-4-8-16(14)17/h1-24H;1-14H;1-9,11H,10H2. The average molecular weight is 1370 g/mol. The molecule has 7 heterocycles. The molecule has 0 bridgehead atoms. The van der Waals surface area contributed by atoms with Crippen molar-refractivity contribution in [3.05, 3.63) is 319 Å². The summed E-state index contributed by atoms with van der Waals surface area (Å²) in [4.78, 5) is 20.4. The van der Waals surface area contributed by atoms with Gasteiger partial charge in [-0.3, -0.25) is 4.57 Å². The molecule has 0 saturated carbocycles. The summed E-state index contributed by atoms with van der Waals surface area (Å²) in [6, 6.07) is 105. The first-order chi connectivity index (χ1) is 50.8. The molecular formula is C91H50ClN7O2S2. The van der Waals surface area contributed by atoms with E-state index < -0.39 is 0 Å². The van der Waals surface area contributed by atoms with E-state index in [-0.39, 0.29) is 0 Å². The lowest BCUT2D eigenvalue weighted by Crippen LogP contribution is -2.01. The van der Waals surface area contributed by atoms with Crippen molar-refractivity contribution in [1.29, 1.82) is 10.5 Å². The van der Waals surface area contributed by atoms with Crippen molar-refractivity contribution in [2.24, 2.45) is 0 Å². The van der Waals surface area contributed by atoms with Crippen molar-refractivity contribution in [2.45, 2.75) is 6.42 Å². The third-order valence-corrected chi connectivity index (χ3v) is 22.6. The quantitative estimate of drug-likeness (QED) is 0.156. The zero-order valence-corrected chi connectivity index (χ0v) is 57.0. The first-order valence-electron chi connectivity index (χ1n) is 33.8. The van der Waals surface area contributed by atoms with Gasteiger partial charge in [0.05, 0.1) is 54.7 Å². The van der Waals surface area contributed by atoms with E-state index >= 15 is 0 Å². The number of nitriles is 2. The molecule has 22 rings (SSSR count). The fourth-order valence-corrected chi connectivity index (χ4v) is 17.4. The van der Waals surface area contributed by atoms with Crippen LogP contribution in [-0.2, 0) is 6.42 Å². The van der Waals surface area contributed by atoms with Gasteiger partial charge < -0.3 is 8.83 Å². The minimum Gasteiger partial charge on any atom is -0.456 e. The molecule has 0 N–H and O–H groups in total. The van der Waals surface area contributed by atoms with E-state index in [0.717, 1.165) is 141 Å². The zero-order chi connectivity index (χ0) is 68.4. The molecule has 0 unspecified atom stereocenters. The second-order valence-electron chi connectivity index (χ2n) is 26.0. The lowest BCUT2D eigenvalue weighted by Gasteiger charge is -2.11. The Morgan fingerprint density at radius 3 is 1.46 bits per heavy atom. The van der Waals surface area contributed by atoms with Gasteiger partial charge in [-0.15, -0.1) is 22.7 Å². The summed E-state index contributed by atoms with van der Waals surface area (Å²) in [6.07, 6.45) is 1.08. The monoisotopic (exact) mass is 1370 g/mol. The Labute approximate surface area is 600 Å². The third-order valence-electron chi connectivity index (χ3n) is 19.9. The molecule has 9 nitrogen and oxygen atoms in total. The fourth-order valence-electron chi connectivity index (χ4n) is 15.0. The molecule has 1 aliphatic carbocycles. The van der Waals surface area contributed by atoms with Crippen molar-refractivity contribution in [1.82, 2.24) is 24.5 Å². The maximum Gasteiger partial charge on any atom is 0.162 e. The summed E-state index contributed by atoms with van der Waals surface area (Å²) in [6.45, 7) is 0. The molecule has 0 saturated heterocycles. The number of furan rings is 2. The molecule has 0 amide bonds. The Morgan fingerprint density at radius 1 is 0.340 bits per heavy atom. The summed E-state index contributed by atoms with van der Waals surface area (Å²) < 4.78 is 18.6. The van der Waals surface area contributed by atoms with Crippen LogP contribution in [-0.4, -0.2) is 24.5 Å². The average Bonchev–Trinajstić information content (AvgIpc) is 1.57. The van der Waals surface area contributed by atoms with Crippen LogP contribution in [0.25, 0.3) is 190 Å². The molecule has 0 atom stereocenters. The summed E-state index contributed by atoms with van der Waals surface area (Å²) >= 11 is 9.98. The molecule has 0 spiro atoms. The summed E-state index contributed by atoms with van der Waals surface area (Å²) in [5, 5.41) is 33.0. The Balaban J connectivity index is 0.000000117. The molecule has 0 fully saturated rings. The van der Waals surface area contributed by atoms with E-state index in [1.165, 1.54) is 54.6 Å². The summed E-state index contributed by atoms with van der Waals surface area (Å²) in [5.41, 5.74) is 20.2. The van der Waals surface area contributed by atoms with Crippen molar-refractivity contribution in [3.63, 3.8) is 0 Å². The highest BCUT2D eigenvalue weighted by molar-refractivity contribution is 7.26. The Morgan fingerprint density at radius 2 is 0.825 bits per heavy atom. The third kappa shape index (κ3) is 10.2. The van der Waals surface area contributed by atoms with Crippen molar-refractivity contribution in [3.8, 4) is 74.1 Å². The second-order valence-corrected chi connectivity index (χ2v) is 28.4. The minimum atomic E-state index is 0.441. The number of benzene rings is 14. The normalized spacial score (nSPS) is 11.9. The van der Waals surface area contributed by atoms with Crippen LogP contribution in [0.5, 0.6) is 0 Å². The maximum absolute atomic E-state index is 9.59. The van der Waals surface area contributed by atoms with Gasteiger partial charge in [-0.25, -0.2) is 19.9 Å². The molecule has 103 heavy (non-hydrogen) atoms. The smallest absolute Gasteiger partial charge is 0.162 e. The SMILES string of the molecule is N#Cc1cccc(-c2ccc3sc4c(-n5c6ccccc6c6cc7ccccc7cc65)nc(-c5ccc6oc7ccccc7c6c5)nc4c3c2)c1.N#Cc1cccc(-c2ccc3sc4c(Cl)nc(-c5ccc6oc7ccccc7c6c5)nc4c3c2)c1.c1ccc2c(c1)Cc1cc3ccccc3cc1-2. The van der Waals surface area contributed by atoms with Crippen LogP contribution in [0.3, 0.4) is 0 Å². The summed E-state index contributed by atoms with van der Waals surface area (Å²) in [5.74, 6) is 2.07. The largest absolute Gasteiger partial charge is 0.456 e. The van der Waals surface area contributed by atoms with E-state index in [9.17, 15) is 10.5 Å². The van der Waals surface area contributed by atoms with Crippen molar-refractivity contribution >= 4 is 162 Å². The number of rotatable bonds is 5. The highest BCUT2D eigenvalue weighted by Gasteiger charge is 2.24. The molecule has 7 aromatic heterocycles. The predicted octanol–water partition coefficient (Wildman–Crippen LogP) is 25.2. The van der Waals surface area contributed by atoms with Crippen LogP contribution >= 0.6 is 34.3 Å². The Kier molecular flexibility index (Phi) is 14.0. The first-order valence-corrected chi connectivity index (χ1v) is 35.8. The van der Waals surface area contributed by atoms with Gasteiger partial charge in [-0.05, 0) is 194 Å². The van der Waals surface area contributed by atoms with Crippen LogP contribution in [0, 0.1) is 22.7 Å². The predicted molar refractivity (Wildman–Crippen MR) is 425 cm³/mol. The van der Waals surface area contributed by atoms with Gasteiger partial charge in [-0.1, -0.05) is 181 Å². The van der Waals surface area contributed by atoms with Gasteiger partial charge in [0.25, 0.3) is 0 Å². The highest BCUT2D eigenvalue weighted by atomic mass is 35.5. The number of hydrogen-bond donors (Lipinski definition) is 0. The van der Waals surface area contributed by atoms with Crippen LogP contribution in [0.15, 0.2) is 300 Å². The maximum atomic E-state index is 9.59. The van der Waals surface area contributed by atoms with Crippen LogP contribution in [0.1, 0.15) is 22.3 Å². The number of para-hydroxylation sites is 3. The van der Waals surface area contributed by atoms with Gasteiger partial charge in [0.1, 0.15) is 22.3 Å². The number of fused-ring (bicyclic) bond motifs is 20. The van der Waals surface area contributed by atoms with Crippen molar-refractivity contribution in [2.75, 3.05) is 0 Å². The number of nitrogens with zero attached hydrogens (tertiary/aromatic N) is 7. The minimum absolute atomic E-state index is 0.441. The van der Waals surface area contributed by atoms with Crippen molar-refractivity contribution < 1.29 is 8.83 Å². The van der Waals surface area contributed by atoms with Gasteiger partial charge >= 0.3 is 0 Å². The molecule has 12 heteroatoms. The zero-order valence-electron chi connectivity index (χ0n) is 54.6. The van der Waals surface area contributed by atoms with Gasteiger partial charge in [0.15, 0.2) is 22.6 Å². The molecule has 1 aliphatic rings.